The van der Waals surface area contributed by atoms with Crippen LogP contribution in [0.2, 0.25) is 0 Å². The Bertz CT molecular complexity index is 105. The summed E-state index contributed by atoms with van der Waals surface area (Å²) in [5.41, 5.74) is 0. The molecule has 1 fully saturated rings. The minimum Gasteiger partial charge on any atom is -0.242 e. The van der Waals surface area contributed by atoms with Crippen molar-refractivity contribution in [2.75, 3.05) is 23.5 Å². The largest absolute Gasteiger partial charge is 0.242 e. The number of rotatable bonds is 6. The van der Waals surface area contributed by atoms with Gasteiger partial charge in [-0.3, -0.25) is 0 Å². The lowest BCUT2D eigenvalue weighted by Crippen LogP contribution is -1.87. The molecule has 1 aliphatic heterocycles. The molecule has 0 spiro atoms. The lowest BCUT2D eigenvalue weighted by Gasteiger charge is -2.12. The third-order valence-corrected chi connectivity index (χ3v) is 5.72. The van der Waals surface area contributed by atoms with Crippen molar-refractivity contribution in [2.45, 2.75) is 39.0 Å². The minimum atomic E-state index is 0.0387. The van der Waals surface area contributed by atoms with Gasteiger partial charge in [0, 0.05) is 0 Å². The SMILES string of the molecule is CCCCCCCS1(C)CC1. The molecule has 0 amide bonds. The van der Waals surface area contributed by atoms with Crippen molar-refractivity contribution in [3.8, 4) is 0 Å². The number of hydrogen-bond acceptors (Lipinski definition) is 0. The molecule has 0 N–H and O–H groups in total. The highest BCUT2D eigenvalue weighted by Gasteiger charge is 2.29. The summed E-state index contributed by atoms with van der Waals surface area (Å²) in [6, 6.07) is 0. The highest BCUT2D eigenvalue weighted by Crippen LogP contribution is 2.58. The molecule has 0 unspecified atom stereocenters. The molecule has 0 aliphatic carbocycles. The molecule has 68 valence electrons. The van der Waals surface area contributed by atoms with Gasteiger partial charge in [-0.15, -0.1) is 0 Å². The molecule has 0 radical (unpaired) electrons. The number of unbranched alkanes of at least 4 members (excludes halogenated alkanes) is 4. The Hall–Kier alpha value is 0.350. The lowest BCUT2D eigenvalue weighted by molar-refractivity contribution is 0.659. The first-order valence-corrected chi connectivity index (χ1v) is 7.53. The lowest BCUT2D eigenvalue weighted by atomic mass is 10.2. The van der Waals surface area contributed by atoms with E-state index in [0.717, 1.165) is 0 Å². The van der Waals surface area contributed by atoms with Gasteiger partial charge >= 0.3 is 0 Å². The Morgan fingerprint density at radius 1 is 1.00 bits per heavy atom. The maximum atomic E-state index is 2.52. The Morgan fingerprint density at radius 2 is 1.64 bits per heavy atom. The van der Waals surface area contributed by atoms with Crippen LogP contribution in [0.4, 0.5) is 0 Å². The second-order valence-corrected chi connectivity index (χ2v) is 8.19. The van der Waals surface area contributed by atoms with Gasteiger partial charge in [0.1, 0.15) is 0 Å². The van der Waals surface area contributed by atoms with E-state index < -0.39 is 0 Å². The van der Waals surface area contributed by atoms with Gasteiger partial charge in [-0.05, 0) is 29.9 Å². The molecule has 0 nitrogen and oxygen atoms in total. The molecule has 11 heavy (non-hydrogen) atoms. The highest BCUT2D eigenvalue weighted by molar-refractivity contribution is 8.38. The van der Waals surface area contributed by atoms with Gasteiger partial charge < -0.3 is 0 Å². The average molecular weight is 174 g/mol. The highest BCUT2D eigenvalue weighted by atomic mass is 32.3. The quantitative estimate of drug-likeness (QED) is 0.427. The van der Waals surface area contributed by atoms with Crippen LogP contribution in [0, 0.1) is 0 Å². The zero-order valence-corrected chi connectivity index (χ0v) is 8.88. The van der Waals surface area contributed by atoms with E-state index in [1.54, 1.807) is 17.3 Å². The van der Waals surface area contributed by atoms with Crippen LogP contribution >= 0.6 is 10.0 Å². The maximum absolute atomic E-state index is 2.52. The zero-order chi connectivity index (χ0) is 8.16. The van der Waals surface area contributed by atoms with Crippen LogP contribution in [0.25, 0.3) is 0 Å². The maximum Gasteiger partial charge on any atom is -0.0153 e. The summed E-state index contributed by atoms with van der Waals surface area (Å²) < 4.78 is 0. The van der Waals surface area contributed by atoms with Crippen LogP contribution in [0.1, 0.15) is 39.0 Å². The predicted octanol–water partition coefficient (Wildman–Crippen LogP) is 3.40. The van der Waals surface area contributed by atoms with Gasteiger partial charge in [0.15, 0.2) is 0 Å². The van der Waals surface area contributed by atoms with Crippen LogP contribution in [0.15, 0.2) is 0 Å². The summed E-state index contributed by atoms with van der Waals surface area (Å²) >= 11 is 0. The van der Waals surface area contributed by atoms with Crippen molar-refractivity contribution < 1.29 is 0 Å². The van der Waals surface area contributed by atoms with E-state index >= 15 is 0 Å². The summed E-state index contributed by atoms with van der Waals surface area (Å²) in [4.78, 5) is 0. The van der Waals surface area contributed by atoms with Crippen molar-refractivity contribution in [3.63, 3.8) is 0 Å². The molecular formula is C10H22S. The Balaban J connectivity index is 1.81. The first kappa shape index (κ1) is 9.44. The second-order valence-electron chi connectivity index (χ2n) is 4.00. The Kier molecular flexibility index (Phi) is 3.77. The molecule has 1 rings (SSSR count). The number of hydrogen-bond donors (Lipinski definition) is 0. The van der Waals surface area contributed by atoms with E-state index in [1.165, 1.54) is 32.1 Å². The van der Waals surface area contributed by atoms with Gasteiger partial charge in [-0.25, -0.2) is 10.0 Å². The van der Waals surface area contributed by atoms with Gasteiger partial charge in [-0.1, -0.05) is 32.6 Å². The smallest absolute Gasteiger partial charge is 0.0153 e. The van der Waals surface area contributed by atoms with Gasteiger partial charge in [0.2, 0.25) is 0 Å². The standard InChI is InChI=1S/C10H22S/c1-3-4-5-6-7-8-11(2)9-10-11/h3-10H2,1-2H3. The molecule has 1 heterocycles. The van der Waals surface area contributed by atoms with Gasteiger partial charge in [0.25, 0.3) is 0 Å². The molecule has 0 aromatic rings. The molecule has 0 aromatic heterocycles. The Labute approximate surface area is 73.1 Å². The van der Waals surface area contributed by atoms with E-state index in [-0.39, 0.29) is 10.0 Å². The fraction of sp³-hybridized carbons (Fsp3) is 1.00. The fourth-order valence-electron chi connectivity index (χ4n) is 1.40. The van der Waals surface area contributed by atoms with Crippen molar-refractivity contribution in [1.29, 1.82) is 0 Å². The van der Waals surface area contributed by atoms with Crippen LogP contribution < -0.4 is 0 Å². The summed E-state index contributed by atoms with van der Waals surface area (Å²) in [5.74, 6) is 4.75. The van der Waals surface area contributed by atoms with E-state index in [1.807, 2.05) is 0 Å². The molecule has 1 aliphatic rings. The summed E-state index contributed by atoms with van der Waals surface area (Å²) in [7, 11) is 0.0387. The third-order valence-electron chi connectivity index (χ3n) is 2.64. The van der Waals surface area contributed by atoms with E-state index in [0.29, 0.717) is 0 Å². The molecule has 0 saturated carbocycles. The summed E-state index contributed by atoms with van der Waals surface area (Å²) in [6.45, 7) is 2.29. The van der Waals surface area contributed by atoms with Crippen LogP contribution in [-0.4, -0.2) is 23.5 Å². The minimum absolute atomic E-state index is 0.0387. The first-order chi connectivity index (χ1) is 5.27. The van der Waals surface area contributed by atoms with Crippen molar-refractivity contribution in [1.82, 2.24) is 0 Å². The third kappa shape index (κ3) is 4.05. The average Bonchev–Trinajstić information content (AvgIpc) is 2.69. The van der Waals surface area contributed by atoms with Gasteiger partial charge in [-0.2, -0.15) is 0 Å². The van der Waals surface area contributed by atoms with Crippen LogP contribution in [0.3, 0.4) is 0 Å². The molecule has 1 saturated heterocycles. The molecule has 0 bridgehead atoms. The predicted molar refractivity (Wildman–Crippen MR) is 56.9 cm³/mol. The van der Waals surface area contributed by atoms with Crippen molar-refractivity contribution >= 4 is 10.0 Å². The van der Waals surface area contributed by atoms with Crippen LogP contribution in [-0.2, 0) is 0 Å². The van der Waals surface area contributed by atoms with Crippen molar-refractivity contribution in [2.24, 2.45) is 0 Å². The van der Waals surface area contributed by atoms with E-state index in [9.17, 15) is 0 Å². The molecular weight excluding hydrogens is 152 g/mol. The topological polar surface area (TPSA) is 0 Å². The summed E-state index contributed by atoms with van der Waals surface area (Å²) in [6.07, 6.45) is 9.84. The fourth-order valence-corrected chi connectivity index (χ4v) is 3.85. The monoisotopic (exact) mass is 174 g/mol. The normalized spacial score (nSPS) is 23.1. The van der Waals surface area contributed by atoms with Crippen molar-refractivity contribution in [3.05, 3.63) is 0 Å². The van der Waals surface area contributed by atoms with Crippen LogP contribution in [0.5, 0.6) is 0 Å². The second kappa shape index (κ2) is 4.39. The molecule has 0 aromatic carbocycles. The summed E-state index contributed by atoms with van der Waals surface area (Å²) in [5, 5.41) is 0. The Morgan fingerprint density at radius 3 is 2.18 bits per heavy atom. The van der Waals surface area contributed by atoms with Gasteiger partial charge in [0.05, 0.1) is 0 Å². The zero-order valence-electron chi connectivity index (χ0n) is 8.07. The molecule has 1 heteroatoms. The van der Waals surface area contributed by atoms with E-state index in [4.69, 9.17) is 0 Å². The molecule has 0 atom stereocenters. The van der Waals surface area contributed by atoms with E-state index in [2.05, 4.69) is 13.2 Å². The first-order valence-electron chi connectivity index (χ1n) is 4.98.